The molecule has 5 saturated carbocycles. The zero-order valence-electron chi connectivity index (χ0n) is 27.9. The van der Waals surface area contributed by atoms with Crippen LogP contribution in [0.15, 0.2) is 24.5 Å². The van der Waals surface area contributed by atoms with Gasteiger partial charge in [0.2, 0.25) is 0 Å². The van der Waals surface area contributed by atoms with Gasteiger partial charge in [-0.3, -0.25) is 4.79 Å². The number of rotatable bonds is 9. The molecule has 5 aliphatic carbocycles. The van der Waals surface area contributed by atoms with Crippen molar-refractivity contribution in [2.24, 2.45) is 62.6 Å². The molecule has 5 rings (SSSR count). The molecular formula is C37H60O5. The Bertz CT molecular complexity index is 1070. The molecule has 0 aromatic rings. The summed E-state index contributed by atoms with van der Waals surface area (Å²) in [6.07, 6.45) is 13.0. The summed E-state index contributed by atoms with van der Waals surface area (Å²) in [5.41, 5.74) is 1.73. The third-order valence-electron chi connectivity index (χ3n) is 15.2. The first-order valence-electron chi connectivity index (χ1n) is 17.1. The molecule has 5 fully saturated rings. The van der Waals surface area contributed by atoms with Crippen LogP contribution in [0.3, 0.4) is 0 Å². The van der Waals surface area contributed by atoms with E-state index < -0.39 is 0 Å². The average Bonchev–Trinajstić information content (AvgIpc) is 3.35. The molecule has 0 bridgehead atoms. The summed E-state index contributed by atoms with van der Waals surface area (Å²) in [6.45, 7) is 24.2. The Morgan fingerprint density at radius 2 is 1.64 bits per heavy atom. The van der Waals surface area contributed by atoms with Gasteiger partial charge in [-0.2, -0.15) is 0 Å². The summed E-state index contributed by atoms with van der Waals surface area (Å²) < 4.78 is 5.99. The predicted molar refractivity (Wildman–Crippen MR) is 167 cm³/mol. The summed E-state index contributed by atoms with van der Waals surface area (Å²) in [7, 11) is 1.58. The van der Waals surface area contributed by atoms with Crippen LogP contribution in [0.1, 0.15) is 119 Å². The molecule has 5 heteroatoms. The lowest BCUT2D eigenvalue weighted by Crippen LogP contribution is -2.67. The van der Waals surface area contributed by atoms with Gasteiger partial charge in [-0.05, 0) is 129 Å². The summed E-state index contributed by atoms with van der Waals surface area (Å²) in [5, 5.41) is 11.1. The van der Waals surface area contributed by atoms with Gasteiger partial charge in [0.25, 0.3) is 0 Å². The number of carbonyl (C=O) groups is 1. The van der Waals surface area contributed by atoms with E-state index >= 15 is 0 Å². The Balaban J connectivity index is 1.49. The Labute approximate surface area is 256 Å². The van der Waals surface area contributed by atoms with Crippen LogP contribution in [0.5, 0.6) is 0 Å². The normalized spacial score (nSPS) is 47.9. The molecule has 0 radical (unpaired) electrons. The number of esters is 1. The first kappa shape index (κ1) is 32.1. The van der Waals surface area contributed by atoms with Gasteiger partial charge < -0.3 is 9.84 Å². The van der Waals surface area contributed by atoms with E-state index in [0.29, 0.717) is 60.9 Å². The highest BCUT2D eigenvalue weighted by molar-refractivity contribution is 5.68. The van der Waals surface area contributed by atoms with Gasteiger partial charge in [0, 0.05) is 17.3 Å². The molecule has 11 atom stereocenters. The standard InChI is InChI=1S/C37H60O5/c1-10-31(39)41-23-34(6)26(16-22-42-40-9)13-17-33(5)29(34)15-18-36(8)30(33)12-11-28-32-27(24(2)3)14-19-37(32,25(4)38)21-20-35(28,36)7/h26-30,32,38H,2,4,10-23H2,1,3,5-9H3/t26-,27+,28?,29-,30-,32-,33+,34-,35-,36-,37-/m1/s1. The van der Waals surface area contributed by atoms with Crippen LogP contribution in [0.2, 0.25) is 0 Å². The quantitative estimate of drug-likeness (QED) is 0.0731. The van der Waals surface area contributed by atoms with Crippen molar-refractivity contribution in [1.82, 2.24) is 0 Å². The van der Waals surface area contributed by atoms with Gasteiger partial charge in [0.05, 0.1) is 26.1 Å². The van der Waals surface area contributed by atoms with Crippen molar-refractivity contribution in [3.8, 4) is 0 Å². The van der Waals surface area contributed by atoms with Crippen molar-refractivity contribution in [3.63, 3.8) is 0 Å². The highest BCUT2D eigenvalue weighted by Crippen LogP contribution is 2.78. The van der Waals surface area contributed by atoms with Crippen molar-refractivity contribution in [2.75, 3.05) is 20.3 Å². The fraction of sp³-hybridized carbons (Fsp3) is 0.865. The summed E-state index contributed by atoms with van der Waals surface area (Å²) in [5.74, 6) is 3.43. The van der Waals surface area contributed by atoms with Crippen LogP contribution in [-0.2, 0) is 19.3 Å². The molecule has 0 heterocycles. The highest BCUT2D eigenvalue weighted by atomic mass is 17.2. The Morgan fingerprint density at radius 1 is 0.905 bits per heavy atom. The van der Waals surface area contributed by atoms with E-state index in [0.717, 1.165) is 32.1 Å². The number of aliphatic hydroxyl groups excluding tert-OH is 1. The van der Waals surface area contributed by atoms with Crippen LogP contribution in [0, 0.1) is 62.6 Å². The second-order valence-electron chi connectivity index (χ2n) is 16.3. The van der Waals surface area contributed by atoms with Gasteiger partial charge in [-0.1, -0.05) is 53.3 Å². The first-order valence-corrected chi connectivity index (χ1v) is 17.1. The number of fused-ring (bicyclic) bond motifs is 7. The lowest BCUT2D eigenvalue weighted by atomic mass is 9.31. The predicted octanol–water partition coefficient (Wildman–Crippen LogP) is 9.23. The number of carbonyl (C=O) groups excluding carboxylic acids is 1. The molecule has 0 aliphatic heterocycles. The van der Waals surface area contributed by atoms with E-state index in [1.807, 2.05) is 6.92 Å². The van der Waals surface area contributed by atoms with Crippen molar-refractivity contribution in [3.05, 3.63) is 24.5 Å². The number of hydrogen-bond acceptors (Lipinski definition) is 5. The Morgan fingerprint density at radius 3 is 2.29 bits per heavy atom. The molecule has 0 aromatic heterocycles. The van der Waals surface area contributed by atoms with E-state index in [-0.39, 0.29) is 33.0 Å². The minimum atomic E-state index is -0.137. The molecule has 1 unspecified atom stereocenters. The summed E-state index contributed by atoms with van der Waals surface area (Å²) in [4.78, 5) is 22.7. The smallest absolute Gasteiger partial charge is 0.305 e. The fourth-order valence-electron chi connectivity index (χ4n) is 12.8. The molecule has 42 heavy (non-hydrogen) atoms. The van der Waals surface area contributed by atoms with Gasteiger partial charge in [0.15, 0.2) is 0 Å². The van der Waals surface area contributed by atoms with Crippen molar-refractivity contribution in [1.29, 1.82) is 0 Å². The third kappa shape index (κ3) is 4.48. The van der Waals surface area contributed by atoms with Crippen molar-refractivity contribution in [2.45, 2.75) is 119 Å². The molecule has 238 valence electrons. The van der Waals surface area contributed by atoms with Gasteiger partial charge in [-0.15, -0.1) is 0 Å². The van der Waals surface area contributed by atoms with Crippen LogP contribution < -0.4 is 0 Å². The molecular weight excluding hydrogens is 524 g/mol. The van der Waals surface area contributed by atoms with E-state index in [1.54, 1.807) is 7.11 Å². The molecule has 5 nitrogen and oxygen atoms in total. The zero-order valence-corrected chi connectivity index (χ0v) is 27.9. The van der Waals surface area contributed by atoms with E-state index in [4.69, 9.17) is 14.5 Å². The number of hydrogen-bond donors (Lipinski definition) is 1. The van der Waals surface area contributed by atoms with Crippen LogP contribution in [0.25, 0.3) is 0 Å². The molecule has 0 spiro atoms. The minimum absolute atomic E-state index is 0.0825. The third-order valence-corrected chi connectivity index (χ3v) is 15.2. The number of allylic oxidation sites excluding steroid dienone is 2. The maximum Gasteiger partial charge on any atom is 0.305 e. The largest absolute Gasteiger partial charge is 0.512 e. The molecule has 0 amide bonds. The topological polar surface area (TPSA) is 65.0 Å². The lowest BCUT2D eigenvalue weighted by molar-refractivity contribution is -0.280. The average molecular weight is 585 g/mol. The first-order chi connectivity index (χ1) is 19.7. The Hall–Kier alpha value is -1.33. The molecule has 5 aliphatic rings. The van der Waals surface area contributed by atoms with Gasteiger partial charge >= 0.3 is 5.97 Å². The fourth-order valence-corrected chi connectivity index (χ4v) is 12.8. The lowest BCUT2D eigenvalue weighted by Gasteiger charge is -2.73. The number of ether oxygens (including phenoxy) is 1. The van der Waals surface area contributed by atoms with Crippen LogP contribution in [0.4, 0.5) is 0 Å². The van der Waals surface area contributed by atoms with Crippen molar-refractivity contribution < 1.29 is 24.4 Å². The van der Waals surface area contributed by atoms with Gasteiger partial charge in [-0.25, -0.2) is 9.78 Å². The van der Waals surface area contributed by atoms with Gasteiger partial charge in [0.1, 0.15) is 0 Å². The van der Waals surface area contributed by atoms with Crippen LogP contribution >= 0.6 is 0 Å². The highest BCUT2D eigenvalue weighted by Gasteiger charge is 2.71. The molecule has 0 aromatic carbocycles. The van der Waals surface area contributed by atoms with E-state index in [9.17, 15) is 9.90 Å². The minimum Gasteiger partial charge on any atom is -0.512 e. The maximum absolute atomic E-state index is 12.4. The summed E-state index contributed by atoms with van der Waals surface area (Å²) >= 11 is 0. The van der Waals surface area contributed by atoms with Crippen molar-refractivity contribution >= 4 is 5.97 Å². The SMILES string of the molecule is C=C(C)[C@@H]1CC[C@]2(C(=C)O)CC[C@]3(C)C(CC[C@@H]4[C@@]5(C)CC[C@H](CCOOC)[C@@](C)(COC(=O)CC)[C@@H]5CC[C@]43C)[C@@H]12. The molecule has 1 N–H and O–H groups in total. The van der Waals surface area contributed by atoms with E-state index in [1.165, 1.54) is 44.1 Å². The van der Waals surface area contributed by atoms with Crippen LogP contribution in [-0.4, -0.2) is 31.4 Å². The summed E-state index contributed by atoms with van der Waals surface area (Å²) in [6, 6.07) is 0. The maximum atomic E-state index is 12.4. The molecule has 0 saturated heterocycles. The number of aliphatic hydroxyl groups is 1. The second-order valence-corrected chi connectivity index (χ2v) is 16.3. The Kier molecular flexibility index (Phi) is 8.58. The van der Waals surface area contributed by atoms with E-state index in [2.05, 4.69) is 47.8 Å². The zero-order chi connectivity index (χ0) is 30.7. The second kappa shape index (κ2) is 11.2. The monoisotopic (exact) mass is 584 g/mol.